The van der Waals surface area contributed by atoms with Crippen LogP contribution in [-0.4, -0.2) is 43.3 Å². The van der Waals surface area contributed by atoms with Crippen molar-refractivity contribution in [1.82, 2.24) is 9.62 Å². The number of nitro groups is 1. The van der Waals surface area contributed by atoms with Crippen LogP contribution in [0.4, 0.5) is 5.69 Å². The molecule has 0 unspecified atom stereocenters. The van der Waals surface area contributed by atoms with Gasteiger partial charge < -0.3 is 5.32 Å². The molecule has 0 saturated carbocycles. The van der Waals surface area contributed by atoms with Gasteiger partial charge in [0.15, 0.2) is 0 Å². The van der Waals surface area contributed by atoms with Crippen molar-refractivity contribution in [2.24, 2.45) is 0 Å². The molecule has 2 aromatic carbocycles. The van der Waals surface area contributed by atoms with Gasteiger partial charge in [0.05, 0.1) is 9.82 Å². The lowest BCUT2D eigenvalue weighted by Gasteiger charge is -2.33. The zero-order valence-electron chi connectivity index (χ0n) is 15.0. The Hall–Kier alpha value is -2.29. The highest BCUT2D eigenvalue weighted by atomic mass is 32.2. The second kappa shape index (κ2) is 8.60. The first-order valence-corrected chi connectivity index (χ1v) is 10.4. The second-order valence-corrected chi connectivity index (χ2v) is 8.51. The Morgan fingerprint density at radius 1 is 1.07 bits per heavy atom. The molecule has 0 aliphatic carbocycles. The van der Waals surface area contributed by atoms with Crippen LogP contribution in [0.15, 0.2) is 59.5 Å². The predicted molar refractivity (Wildman–Crippen MR) is 103 cm³/mol. The Morgan fingerprint density at radius 2 is 1.78 bits per heavy atom. The Bertz CT molecular complexity index is 870. The van der Waals surface area contributed by atoms with E-state index in [9.17, 15) is 18.5 Å². The van der Waals surface area contributed by atoms with Crippen LogP contribution in [0.5, 0.6) is 0 Å². The van der Waals surface area contributed by atoms with E-state index in [0.717, 1.165) is 24.9 Å². The molecule has 2 aromatic rings. The lowest BCUT2D eigenvalue weighted by atomic mass is 10.0. The summed E-state index contributed by atoms with van der Waals surface area (Å²) in [4.78, 5) is 10.4. The van der Waals surface area contributed by atoms with Gasteiger partial charge in [0.2, 0.25) is 10.0 Å². The molecule has 144 valence electrons. The van der Waals surface area contributed by atoms with Gasteiger partial charge >= 0.3 is 0 Å². The number of non-ortho nitro benzene ring substituents is 1. The standard InChI is InChI=1S/C19H23N3O4S/c23-22(24)17-8-10-19(11-9-17)27(25,26)21-13-5-4-12-20-15-18(21)14-16-6-2-1-3-7-16/h1-3,6-11,18,20H,4-5,12-15H2/t18-/m0/s1. The van der Waals surface area contributed by atoms with Crippen molar-refractivity contribution in [1.29, 1.82) is 0 Å². The number of nitro benzene ring substituents is 1. The van der Waals surface area contributed by atoms with Gasteiger partial charge in [0.1, 0.15) is 0 Å². The van der Waals surface area contributed by atoms with Crippen LogP contribution in [-0.2, 0) is 16.4 Å². The largest absolute Gasteiger partial charge is 0.315 e. The molecule has 1 fully saturated rings. The predicted octanol–water partition coefficient (Wildman–Crippen LogP) is 2.58. The second-order valence-electron chi connectivity index (χ2n) is 6.62. The molecular formula is C19H23N3O4S. The third-order valence-corrected chi connectivity index (χ3v) is 6.70. The summed E-state index contributed by atoms with van der Waals surface area (Å²) >= 11 is 0. The molecule has 3 rings (SSSR count). The first-order valence-electron chi connectivity index (χ1n) is 8.99. The number of hydrogen-bond acceptors (Lipinski definition) is 5. The van der Waals surface area contributed by atoms with Crippen LogP contribution in [0.25, 0.3) is 0 Å². The molecule has 1 aliphatic rings. The van der Waals surface area contributed by atoms with E-state index in [1.165, 1.54) is 24.3 Å². The zero-order chi connectivity index (χ0) is 19.3. The summed E-state index contributed by atoms with van der Waals surface area (Å²) in [6, 6.07) is 14.7. The fourth-order valence-electron chi connectivity index (χ4n) is 3.32. The van der Waals surface area contributed by atoms with E-state index in [2.05, 4.69) is 5.32 Å². The minimum absolute atomic E-state index is 0.0896. The summed E-state index contributed by atoms with van der Waals surface area (Å²) in [5.41, 5.74) is 0.956. The number of sulfonamides is 1. The zero-order valence-corrected chi connectivity index (χ0v) is 15.8. The molecule has 0 amide bonds. The lowest BCUT2D eigenvalue weighted by molar-refractivity contribution is -0.384. The summed E-state index contributed by atoms with van der Waals surface area (Å²) in [6.45, 7) is 1.89. The molecule has 0 aromatic heterocycles. The minimum Gasteiger partial charge on any atom is -0.315 e. The van der Waals surface area contributed by atoms with E-state index >= 15 is 0 Å². The fraction of sp³-hybridized carbons (Fsp3) is 0.368. The van der Waals surface area contributed by atoms with Crippen molar-refractivity contribution in [3.63, 3.8) is 0 Å². The van der Waals surface area contributed by atoms with E-state index in [4.69, 9.17) is 0 Å². The van der Waals surface area contributed by atoms with Crippen molar-refractivity contribution in [3.05, 3.63) is 70.3 Å². The summed E-state index contributed by atoms with van der Waals surface area (Å²) in [5, 5.41) is 14.2. The highest BCUT2D eigenvalue weighted by Gasteiger charge is 2.32. The van der Waals surface area contributed by atoms with Crippen molar-refractivity contribution < 1.29 is 13.3 Å². The SMILES string of the molecule is O=[N+]([O-])c1ccc(S(=O)(=O)N2CCCCNC[C@@H]2Cc2ccccc2)cc1. The number of hydrogen-bond donors (Lipinski definition) is 1. The Labute approximate surface area is 159 Å². The molecule has 27 heavy (non-hydrogen) atoms. The molecule has 8 heteroatoms. The van der Waals surface area contributed by atoms with Crippen LogP contribution < -0.4 is 5.32 Å². The van der Waals surface area contributed by atoms with Crippen molar-refractivity contribution in [3.8, 4) is 0 Å². The van der Waals surface area contributed by atoms with Crippen molar-refractivity contribution >= 4 is 15.7 Å². The number of benzene rings is 2. The van der Waals surface area contributed by atoms with Gasteiger partial charge in [0.25, 0.3) is 5.69 Å². The summed E-state index contributed by atoms with van der Waals surface area (Å²) in [5.74, 6) is 0. The molecule has 1 aliphatic heterocycles. The van der Waals surface area contributed by atoms with E-state index in [1.807, 2.05) is 30.3 Å². The maximum absolute atomic E-state index is 13.3. The average molecular weight is 389 g/mol. The summed E-state index contributed by atoms with van der Waals surface area (Å²) < 4.78 is 28.1. The monoisotopic (exact) mass is 389 g/mol. The molecule has 1 atom stereocenters. The molecule has 0 bridgehead atoms. The fourth-order valence-corrected chi connectivity index (χ4v) is 4.98. The van der Waals surface area contributed by atoms with Crippen molar-refractivity contribution in [2.75, 3.05) is 19.6 Å². The highest BCUT2D eigenvalue weighted by Crippen LogP contribution is 2.24. The van der Waals surface area contributed by atoms with Crippen LogP contribution in [0, 0.1) is 10.1 Å². The average Bonchev–Trinajstić information content (AvgIpc) is 2.64. The maximum atomic E-state index is 13.3. The normalized spacial score (nSPS) is 19.2. The Kier molecular flexibility index (Phi) is 6.20. The molecule has 1 N–H and O–H groups in total. The first kappa shape index (κ1) is 19.5. The molecule has 7 nitrogen and oxygen atoms in total. The lowest BCUT2D eigenvalue weighted by Crippen LogP contribution is -2.49. The van der Waals surface area contributed by atoms with Gasteiger partial charge in [-0.25, -0.2) is 8.42 Å². The van der Waals surface area contributed by atoms with E-state index in [0.29, 0.717) is 19.5 Å². The quantitative estimate of drug-likeness (QED) is 0.627. The van der Waals surface area contributed by atoms with Gasteiger partial charge in [-0.15, -0.1) is 0 Å². The summed E-state index contributed by atoms with van der Waals surface area (Å²) in [7, 11) is -3.74. The van der Waals surface area contributed by atoms with Crippen LogP contribution in [0.1, 0.15) is 18.4 Å². The molecule has 0 spiro atoms. The van der Waals surface area contributed by atoms with Gasteiger partial charge in [0, 0.05) is 31.3 Å². The summed E-state index contributed by atoms with van der Waals surface area (Å²) in [6.07, 6.45) is 2.29. The maximum Gasteiger partial charge on any atom is 0.269 e. The van der Waals surface area contributed by atoms with Crippen LogP contribution in [0.3, 0.4) is 0 Å². The smallest absolute Gasteiger partial charge is 0.269 e. The topological polar surface area (TPSA) is 92.5 Å². The van der Waals surface area contributed by atoms with Crippen LogP contribution >= 0.6 is 0 Å². The van der Waals surface area contributed by atoms with Crippen molar-refractivity contribution in [2.45, 2.75) is 30.2 Å². The Balaban J connectivity index is 1.90. The molecular weight excluding hydrogens is 366 g/mol. The molecule has 1 saturated heterocycles. The number of nitrogens with zero attached hydrogens (tertiary/aromatic N) is 2. The van der Waals surface area contributed by atoms with Gasteiger partial charge in [-0.05, 0) is 43.5 Å². The van der Waals surface area contributed by atoms with Gasteiger partial charge in [-0.2, -0.15) is 4.31 Å². The third kappa shape index (κ3) is 4.71. The van der Waals surface area contributed by atoms with E-state index < -0.39 is 14.9 Å². The van der Waals surface area contributed by atoms with E-state index in [-0.39, 0.29) is 16.6 Å². The highest BCUT2D eigenvalue weighted by molar-refractivity contribution is 7.89. The van der Waals surface area contributed by atoms with Crippen LogP contribution in [0.2, 0.25) is 0 Å². The number of nitrogens with one attached hydrogen (secondary N) is 1. The molecule has 0 radical (unpaired) electrons. The third-order valence-electron chi connectivity index (χ3n) is 4.74. The minimum atomic E-state index is -3.74. The first-order chi connectivity index (χ1) is 13.0. The van der Waals surface area contributed by atoms with E-state index in [1.54, 1.807) is 4.31 Å². The number of rotatable bonds is 5. The molecule has 1 heterocycles. The van der Waals surface area contributed by atoms with Gasteiger partial charge in [-0.1, -0.05) is 30.3 Å². The van der Waals surface area contributed by atoms with Gasteiger partial charge in [-0.3, -0.25) is 10.1 Å². The Morgan fingerprint density at radius 3 is 2.44 bits per heavy atom.